The van der Waals surface area contributed by atoms with Crippen LogP contribution in [-0.4, -0.2) is 13.1 Å². The molecule has 3 N–H and O–H groups in total. The monoisotopic (exact) mass is 368 g/mol. The van der Waals surface area contributed by atoms with E-state index in [1.54, 1.807) is 0 Å². The predicted octanol–water partition coefficient (Wildman–Crippen LogP) is 4.77. The quantitative estimate of drug-likeness (QED) is 0.589. The molecule has 1 aliphatic rings. The van der Waals surface area contributed by atoms with Gasteiger partial charge in [0.1, 0.15) is 5.82 Å². The van der Waals surface area contributed by atoms with Crippen molar-refractivity contribution in [1.82, 2.24) is 5.32 Å². The standard InChI is InChI=1S/C13H16F4N2.C7H8/c14-11-7-9(6-10(8-11)13(15,16)17)12(2-3-12)19-5-1-4-18;1-7-5-3-2-4-6-7/h6-8,19H,1-5,18H2;2-6H,1H3. The third kappa shape index (κ3) is 5.81. The summed E-state index contributed by atoms with van der Waals surface area (Å²) in [6.07, 6.45) is -2.34. The van der Waals surface area contributed by atoms with Crippen LogP contribution in [0.5, 0.6) is 0 Å². The van der Waals surface area contributed by atoms with Crippen LogP contribution in [0.1, 0.15) is 36.0 Å². The van der Waals surface area contributed by atoms with Gasteiger partial charge in [-0.15, -0.1) is 0 Å². The van der Waals surface area contributed by atoms with E-state index >= 15 is 0 Å². The summed E-state index contributed by atoms with van der Waals surface area (Å²) in [5, 5.41) is 3.18. The van der Waals surface area contributed by atoms with Crippen LogP contribution in [0.15, 0.2) is 48.5 Å². The summed E-state index contributed by atoms with van der Waals surface area (Å²) in [7, 11) is 0. The van der Waals surface area contributed by atoms with Crippen molar-refractivity contribution in [3.8, 4) is 0 Å². The Balaban J connectivity index is 0.000000290. The Bertz CT molecular complexity index is 695. The molecule has 0 radical (unpaired) electrons. The fourth-order valence-electron chi connectivity index (χ4n) is 2.69. The van der Waals surface area contributed by atoms with E-state index in [0.717, 1.165) is 25.3 Å². The zero-order chi connectivity index (χ0) is 19.2. The van der Waals surface area contributed by atoms with Gasteiger partial charge in [0.2, 0.25) is 0 Å². The van der Waals surface area contributed by atoms with E-state index in [-0.39, 0.29) is 0 Å². The molecule has 6 heteroatoms. The highest BCUT2D eigenvalue weighted by molar-refractivity contribution is 5.35. The van der Waals surface area contributed by atoms with Crippen molar-refractivity contribution in [2.75, 3.05) is 13.1 Å². The molecular weight excluding hydrogens is 344 g/mol. The molecule has 1 saturated carbocycles. The highest BCUT2D eigenvalue weighted by Gasteiger charge is 2.45. The minimum atomic E-state index is -4.52. The zero-order valence-electron chi connectivity index (χ0n) is 14.7. The molecule has 0 saturated heterocycles. The van der Waals surface area contributed by atoms with Crippen LogP contribution in [0, 0.1) is 12.7 Å². The molecule has 0 unspecified atom stereocenters. The number of halogens is 4. The molecule has 0 heterocycles. The van der Waals surface area contributed by atoms with Crippen molar-refractivity contribution in [2.24, 2.45) is 5.73 Å². The van der Waals surface area contributed by atoms with Crippen LogP contribution < -0.4 is 11.1 Å². The summed E-state index contributed by atoms with van der Waals surface area (Å²) >= 11 is 0. The average Bonchev–Trinajstić information content (AvgIpc) is 3.36. The van der Waals surface area contributed by atoms with Crippen molar-refractivity contribution < 1.29 is 17.6 Å². The number of aryl methyl sites for hydroxylation is 1. The summed E-state index contributed by atoms with van der Waals surface area (Å²) in [5.74, 6) is -0.850. The van der Waals surface area contributed by atoms with Gasteiger partial charge < -0.3 is 11.1 Å². The minimum Gasteiger partial charge on any atom is -0.330 e. The van der Waals surface area contributed by atoms with Crippen molar-refractivity contribution in [1.29, 1.82) is 0 Å². The first-order chi connectivity index (χ1) is 12.3. The van der Waals surface area contributed by atoms with E-state index in [1.807, 2.05) is 18.2 Å². The van der Waals surface area contributed by atoms with E-state index < -0.39 is 23.1 Å². The number of hydrogen-bond donors (Lipinski definition) is 2. The number of benzene rings is 2. The van der Waals surface area contributed by atoms with E-state index in [4.69, 9.17) is 5.73 Å². The van der Waals surface area contributed by atoms with Gasteiger partial charge in [-0.25, -0.2) is 4.39 Å². The summed E-state index contributed by atoms with van der Waals surface area (Å²) in [6.45, 7) is 3.22. The summed E-state index contributed by atoms with van der Waals surface area (Å²) in [5.41, 5.74) is 5.63. The summed E-state index contributed by atoms with van der Waals surface area (Å²) < 4.78 is 51.3. The Kier molecular flexibility index (Phi) is 6.78. The summed E-state index contributed by atoms with van der Waals surface area (Å²) in [6, 6.07) is 13.0. The number of nitrogens with two attached hydrogens (primary N) is 1. The molecule has 142 valence electrons. The van der Waals surface area contributed by atoms with Crippen molar-refractivity contribution in [2.45, 2.75) is 37.9 Å². The van der Waals surface area contributed by atoms with E-state index in [0.29, 0.717) is 24.7 Å². The molecule has 0 amide bonds. The summed E-state index contributed by atoms with van der Waals surface area (Å²) in [4.78, 5) is 0. The molecule has 1 fully saturated rings. The first kappa shape index (κ1) is 20.4. The predicted molar refractivity (Wildman–Crippen MR) is 95.2 cm³/mol. The Hall–Kier alpha value is -1.92. The first-order valence-corrected chi connectivity index (χ1v) is 8.62. The highest BCUT2D eigenvalue weighted by Crippen LogP contribution is 2.46. The molecule has 0 aliphatic heterocycles. The van der Waals surface area contributed by atoms with Crippen LogP contribution in [0.4, 0.5) is 17.6 Å². The smallest absolute Gasteiger partial charge is 0.330 e. The highest BCUT2D eigenvalue weighted by atomic mass is 19.4. The number of alkyl halides is 3. The van der Waals surface area contributed by atoms with Gasteiger partial charge in [0.15, 0.2) is 0 Å². The largest absolute Gasteiger partial charge is 0.416 e. The lowest BCUT2D eigenvalue weighted by molar-refractivity contribution is -0.137. The molecule has 1 aliphatic carbocycles. The van der Waals surface area contributed by atoms with Gasteiger partial charge in [-0.2, -0.15) is 13.2 Å². The fraction of sp³-hybridized carbons (Fsp3) is 0.400. The molecule has 26 heavy (non-hydrogen) atoms. The van der Waals surface area contributed by atoms with E-state index in [9.17, 15) is 17.6 Å². The molecular formula is C20H24F4N2. The van der Waals surface area contributed by atoms with Gasteiger partial charge in [0.25, 0.3) is 0 Å². The molecule has 2 nitrogen and oxygen atoms in total. The Morgan fingerprint density at radius 3 is 2.19 bits per heavy atom. The van der Waals surface area contributed by atoms with Gasteiger partial charge in [-0.05, 0) is 63.0 Å². The molecule has 0 spiro atoms. The second kappa shape index (κ2) is 8.64. The minimum absolute atomic E-state index is 0.372. The van der Waals surface area contributed by atoms with Gasteiger partial charge in [0.05, 0.1) is 5.56 Å². The lowest BCUT2D eigenvalue weighted by Crippen LogP contribution is -2.31. The van der Waals surface area contributed by atoms with Crippen molar-refractivity contribution in [3.05, 3.63) is 71.0 Å². The maximum Gasteiger partial charge on any atom is 0.416 e. The maximum atomic E-state index is 13.4. The van der Waals surface area contributed by atoms with Crippen molar-refractivity contribution >= 4 is 0 Å². The molecule has 0 bridgehead atoms. The fourth-order valence-corrected chi connectivity index (χ4v) is 2.69. The first-order valence-electron chi connectivity index (χ1n) is 8.62. The van der Waals surface area contributed by atoms with Crippen LogP contribution >= 0.6 is 0 Å². The number of nitrogens with one attached hydrogen (secondary N) is 1. The third-order valence-electron chi connectivity index (χ3n) is 4.31. The second-order valence-corrected chi connectivity index (χ2v) is 6.53. The SMILES string of the molecule is Cc1ccccc1.NCCCNC1(c2cc(F)cc(C(F)(F)F)c2)CC1. The Morgan fingerprint density at radius 1 is 1.08 bits per heavy atom. The van der Waals surface area contributed by atoms with Gasteiger partial charge in [-0.3, -0.25) is 0 Å². The van der Waals surface area contributed by atoms with Gasteiger partial charge in [0, 0.05) is 5.54 Å². The maximum absolute atomic E-state index is 13.4. The lowest BCUT2D eigenvalue weighted by Gasteiger charge is -2.19. The van der Waals surface area contributed by atoms with E-state index in [2.05, 4.69) is 24.4 Å². The second-order valence-electron chi connectivity index (χ2n) is 6.53. The number of rotatable bonds is 5. The normalized spacial score (nSPS) is 15.2. The van der Waals surface area contributed by atoms with Crippen LogP contribution in [-0.2, 0) is 11.7 Å². The topological polar surface area (TPSA) is 38.0 Å². The molecule has 3 rings (SSSR count). The zero-order valence-corrected chi connectivity index (χ0v) is 14.7. The van der Waals surface area contributed by atoms with Crippen LogP contribution in [0.3, 0.4) is 0 Å². The van der Waals surface area contributed by atoms with Crippen LogP contribution in [0.25, 0.3) is 0 Å². The molecule has 2 aromatic rings. The van der Waals surface area contributed by atoms with E-state index in [1.165, 1.54) is 11.6 Å². The Labute approximate surface area is 151 Å². The van der Waals surface area contributed by atoms with Gasteiger partial charge in [-0.1, -0.05) is 35.9 Å². The third-order valence-corrected chi connectivity index (χ3v) is 4.31. The van der Waals surface area contributed by atoms with Gasteiger partial charge >= 0.3 is 6.18 Å². The average molecular weight is 368 g/mol. The number of hydrogen-bond acceptors (Lipinski definition) is 2. The Morgan fingerprint density at radius 2 is 1.73 bits per heavy atom. The lowest BCUT2D eigenvalue weighted by atomic mass is 10.0. The molecule has 2 aromatic carbocycles. The molecule has 0 aromatic heterocycles. The van der Waals surface area contributed by atoms with Crippen LogP contribution in [0.2, 0.25) is 0 Å². The van der Waals surface area contributed by atoms with Crippen molar-refractivity contribution in [3.63, 3.8) is 0 Å². The molecule has 0 atom stereocenters.